The van der Waals surface area contributed by atoms with Gasteiger partial charge in [-0.15, -0.1) is 11.3 Å². The summed E-state index contributed by atoms with van der Waals surface area (Å²) in [6.45, 7) is 2.10. The van der Waals surface area contributed by atoms with E-state index in [1.165, 1.54) is 22.5 Å². The van der Waals surface area contributed by atoms with E-state index in [-0.39, 0.29) is 24.9 Å². The summed E-state index contributed by atoms with van der Waals surface area (Å²) in [5.74, 6) is -0.462. The molecule has 0 unspecified atom stereocenters. The molecule has 1 aliphatic rings. The third kappa shape index (κ3) is 4.90. The van der Waals surface area contributed by atoms with E-state index in [0.29, 0.717) is 16.3 Å². The Morgan fingerprint density at radius 1 is 1.10 bits per heavy atom. The van der Waals surface area contributed by atoms with Crippen molar-refractivity contribution in [2.24, 2.45) is 0 Å². The Morgan fingerprint density at radius 2 is 1.90 bits per heavy atom. The number of nitrogens with one attached hydrogen (secondary N) is 1. The van der Waals surface area contributed by atoms with Gasteiger partial charge in [-0.2, -0.15) is 0 Å². The number of fused-ring (bicyclic) bond motifs is 1. The number of anilines is 1. The molecule has 0 saturated heterocycles. The van der Waals surface area contributed by atoms with Crippen molar-refractivity contribution in [1.29, 1.82) is 0 Å². The molecule has 148 valence electrons. The first-order valence-electron chi connectivity index (χ1n) is 9.65. The Hall–Kier alpha value is -2.99. The first-order valence-corrected chi connectivity index (χ1v) is 10.5. The molecule has 4 rings (SSSR count). The van der Waals surface area contributed by atoms with Crippen LogP contribution in [0, 0.1) is 6.92 Å². The molecule has 1 aromatic heterocycles. The minimum atomic E-state index is -0.341. The van der Waals surface area contributed by atoms with E-state index in [1.807, 2.05) is 54.8 Å². The van der Waals surface area contributed by atoms with E-state index in [9.17, 15) is 9.59 Å². The van der Waals surface area contributed by atoms with Crippen LogP contribution in [0.15, 0.2) is 47.8 Å². The average molecular weight is 407 g/mol. The van der Waals surface area contributed by atoms with Gasteiger partial charge in [-0.05, 0) is 61.6 Å². The van der Waals surface area contributed by atoms with Crippen LogP contribution < -0.4 is 5.32 Å². The van der Waals surface area contributed by atoms with E-state index < -0.39 is 0 Å². The summed E-state index contributed by atoms with van der Waals surface area (Å²) in [7, 11) is 0. The van der Waals surface area contributed by atoms with E-state index in [1.54, 1.807) is 0 Å². The van der Waals surface area contributed by atoms with Crippen molar-refractivity contribution in [1.82, 2.24) is 4.98 Å². The molecule has 0 fully saturated rings. The molecule has 0 saturated carbocycles. The van der Waals surface area contributed by atoms with Crippen LogP contribution in [0.3, 0.4) is 0 Å². The monoisotopic (exact) mass is 406 g/mol. The van der Waals surface area contributed by atoms with Gasteiger partial charge in [0, 0.05) is 11.1 Å². The molecule has 0 spiro atoms. The quantitative estimate of drug-likeness (QED) is 0.613. The zero-order chi connectivity index (χ0) is 20.2. The molecular formula is C23H22N2O3S. The lowest BCUT2D eigenvalue weighted by Gasteiger charge is -2.05. The first kappa shape index (κ1) is 19.3. The van der Waals surface area contributed by atoms with Gasteiger partial charge in [0.1, 0.15) is 11.6 Å². The molecule has 6 heteroatoms. The lowest BCUT2D eigenvalue weighted by atomic mass is 10.1. The van der Waals surface area contributed by atoms with Gasteiger partial charge in [-0.25, -0.2) is 9.78 Å². The number of thiazole rings is 1. The molecular weight excluding hydrogens is 384 g/mol. The smallest absolute Gasteiger partial charge is 0.338 e. The van der Waals surface area contributed by atoms with Crippen LogP contribution in [-0.4, -0.2) is 16.9 Å². The van der Waals surface area contributed by atoms with Gasteiger partial charge >= 0.3 is 5.97 Å². The number of hydrogen-bond donors (Lipinski definition) is 1. The largest absolute Gasteiger partial charge is 0.456 e. The van der Waals surface area contributed by atoms with Crippen molar-refractivity contribution < 1.29 is 14.3 Å². The third-order valence-electron chi connectivity index (χ3n) is 4.93. The van der Waals surface area contributed by atoms with Crippen LogP contribution in [0.25, 0.3) is 0 Å². The van der Waals surface area contributed by atoms with Crippen molar-refractivity contribution in [2.75, 3.05) is 5.32 Å². The second-order valence-corrected chi connectivity index (χ2v) is 8.18. The van der Waals surface area contributed by atoms with Gasteiger partial charge in [0.05, 0.1) is 17.7 Å². The Labute approximate surface area is 173 Å². The predicted octanol–water partition coefficient (Wildman–Crippen LogP) is 4.48. The Morgan fingerprint density at radius 3 is 2.72 bits per heavy atom. The number of aromatic nitrogens is 1. The molecule has 1 amide bonds. The van der Waals surface area contributed by atoms with Crippen molar-refractivity contribution in [2.45, 2.75) is 39.2 Å². The molecule has 2 aromatic carbocycles. The SMILES string of the molecule is Cc1ccc(NC(=O)Cc2nc(COC(=O)c3ccc4c(c3)CCC4)cs2)cc1. The highest BCUT2D eigenvalue weighted by Crippen LogP contribution is 2.23. The highest BCUT2D eigenvalue weighted by atomic mass is 32.1. The minimum absolute atomic E-state index is 0.103. The maximum Gasteiger partial charge on any atom is 0.338 e. The maximum absolute atomic E-state index is 12.3. The van der Waals surface area contributed by atoms with Crippen LogP contribution in [0.5, 0.6) is 0 Å². The average Bonchev–Trinajstić information content (AvgIpc) is 3.36. The minimum Gasteiger partial charge on any atom is -0.456 e. The highest BCUT2D eigenvalue weighted by Gasteiger charge is 2.15. The summed E-state index contributed by atoms with van der Waals surface area (Å²) >= 11 is 1.39. The van der Waals surface area contributed by atoms with Gasteiger partial charge in [0.25, 0.3) is 0 Å². The number of hydrogen-bond acceptors (Lipinski definition) is 5. The molecule has 0 atom stereocenters. The molecule has 1 N–H and O–H groups in total. The molecule has 0 aliphatic heterocycles. The zero-order valence-electron chi connectivity index (χ0n) is 16.2. The van der Waals surface area contributed by atoms with Crippen LogP contribution in [0.2, 0.25) is 0 Å². The van der Waals surface area contributed by atoms with Crippen molar-refractivity contribution in [3.63, 3.8) is 0 Å². The number of rotatable bonds is 6. The Balaban J connectivity index is 1.29. The standard InChI is InChI=1S/C23H22N2O3S/c1-15-5-9-19(10-6-15)24-21(26)12-22-25-20(14-29-22)13-28-23(27)18-8-7-16-3-2-4-17(16)11-18/h5-11,14H,2-4,12-13H2,1H3,(H,24,26). The van der Waals surface area contributed by atoms with Crippen LogP contribution in [0.1, 0.15) is 44.2 Å². The number of aryl methyl sites for hydroxylation is 3. The first-order chi connectivity index (χ1) is 14.1. The fraction of sp³-hybridized carbons (Fsp3) is 0.261. The number of nitrogens with zero attached hydrogens (tertiary/aromatic N) is 1. The zero-order valence-corrected chi connectivity index (χ0v) is 17.1. The lowest BCUT2D eigenvalue weighted by Crippen LogP contribution is -2.14. The second kappa shape index (κ2) is 8.57. The van der Waals surface area contributed by atoms with Gasteiger partial charge in [-0.1, -0.05) is 23.8 Å². The second-order valence-electron chi connectivity index (χ2n) is 7.24. The van der Waals surface area contributed by atoms with Gasteiger partial charge < -0.3 is 10.1 Å². The fourth-order valence-corrected chi connectivity index (χ4v) is 4.17. The molecule has 5 nitrogen and oxygen atoms in total. The number of carbonyl (C=O) groups excluding carboxylic acids is 2. The molecule has 0 radical (unpaired) electrons. The molecule has 3 aromatic rings. The maximum atomic E-state index is 12.3. The molecule has 29 heavy (non-hydrogen) atoms. The Bertz CT molecular complexity index is 1040. The number of benzene rings is 2. The predicted molar refractivity (Wildman–Crippen MR) is 113 cm³/mol. The van der Waals surface area contributed by atoms with Crippen LogP contribution in [-0.2, 0) is 35.4 Å². The van der Waals surface area contributed by atoms with E-state index >= 15 is 0 Å². The normalized spacial score (nSPS) is 12.4. The number of carbonyl (C=O) groups is 2. The summed E-state index contributed by atoms with van der Waals surface area (Å²) < 4.78 is 5.40. The number of ether oxygens (including phenoxy) is 1. The summed E-state index contributed by atoms with van der Waals surface area (Å²) in [6, 6.07) is 13.4. The number of esters is 1. The molecule has 1 aliphatic carbocycles. The summed E-state index contributed by atoms with van der Waals surface area (Å²) in [5.41, 5.74) is 5.72. The number of amides is 1. The van der Waals surface area contributed by atoms with E-state index in [0.717, 1.165) is 30.5 Å². The Kier molecular flexibility index (Phi) is 5.71. The van der Waals surface area contributed by atoms with Crippen LogP contribution >= 0.6 is 11.3 Å². The lowest BCUT2D eigenvalue weighted by molar-refractivity contribution is -0.115. The van der Waals surface area contributed by atoms with Crippen molar-refractivity contribution in [3.05, 3.63) is 80.8 Å². The third-order valence-corrected chi connectivity index (χ3v) is 5.83. The summed E-state index contributed by atoms with van der Waals surface area (Å²) in [5, 5.41) is 5.38. The van der Waals surface area contributed by atoms with Crippen molar-refractivity contribution >= 4 is 28.9 Å². The van der Waals surface area contributed by atoms with E-state index in [4.69, 9.17) is 4.74 Å². The van der Waals surface area contributed by atoms with Crippen LogP contribution in [0.4, 0.5) is 5.69 Å². The van der Waals surface area contributed by atoms with E-state index in [2.05, 4.69) is 10.3 Å². The summed E-state index contributed by atoms with van der Waals surface area (Å²) in [6.07, 6.45) is 3.45. The summed E-state index contributed by atoms with van der Waals surface area (Å²) in [4.78, 5) is 28.9. The van der Waals surface area contributed by atoms with Gasteiger partial charge in [0.15, 0.2) is 0 Å². The highest BCUT2D eigenvalue weighted by molar-refractivity contribution is 7.09. The topological polar surface area (TPSA) is 68.3 Å². The van der Waals surface area contributed by atoms with Gasteiger partial charge in [0.2, 0.25) is 5.91 Å². The van der Waals surface area contributed by atoms with Crippen molar-refractivity contribution in [3.8, 4) is 0 Å². The molecule has 1 heterocycles. The molecule has 0 bridgehead atoms. The fourth-order valence-electron chi connectivity index (χ4n) is 3.40. The van der Waals surface area contributed by atoms with Gasteiger partial charge in [-0.3, -0.25) is 4.79 Å².